The first kappa shape index (κ1) is 19.5. The first-order valence-electron chi connectivity index (χ1n) is 9.79. The Balaban J connectivity index is 1.80. The van der Waals surface area contributed by atoms with Crippen molar-refractivity contribution in [2.45, 2.75) is 44.7 Å². The van der Waals surface area contributed by atoms with E-state index in [9.17, 15) is 29.9 Å². The highest BCUT2D eigenvalue weighted by molar-refractivity contribution is 6.29. The third-order valence-corrected chi connectivity index (χ3v) is 6.25. The van der Waals surface area contributed by atoms with Crippen molar-refractivity contribution in [1.29, 1.82) is 5.26 Å². The molecule has 2 N–H and O–H groups in total. The van der Waals surface area contributed by atoms with Gasteiger partial charge >= 0.3 is 5.97 Å². The number of nitrogens with zero attached hydrogens (tertiary/aromatic N) is 2. The summed E-state index contributed by atoms with van der Waals surface area (Å²) in [5, 5.41) is 31.1. The van der Waals surface area contributed by atoms with E-state index in [2.05, 4.69) is 0 Å². The number of nitriles is 1. The first-order chi connectivity index (χ1) is 14.6. The van der Waals surface area contributed by atoms with E-state index < -0.39 is 47.4 Å². The molecule has 9 nitrogen and oxygen atoms in total. The molecule has 0 radical (unpaired) electrons. The maximum absolute atomic E-state index is 13.3. The van der Waals surface area contributed by atoms with Crippen molar-refractivity contribution in [3.8, 4) is 11.9 Å². The molecule has 2 aliphatic carbocycles. The Morgan fingerprint density at radius 2 is 2.00 bits per heavy atom. The standard InChI is InChI=1S/C22H18N2O7/c1-8(2)21(29)30-19-15-13(18(28)20-22(19,3)31-20)12-14(24(15)7-23)17(27)11-9(16(12)26)5-4-6-10(11)25/h4-6,8,18-20,25,28H,1-3H3. The van der Waals surface area contributed by atoms with Crippen LogP contribution in [0.15, 0.2) is 18.2 Å². The Morgan fingerprint density at radius 1 is 1.29 bits per heavy atom. The molecule has 5 rings (SSSR count). The third-order valence-electron chi connectivity index (χ3n) is 6.25. The van der Waals surface area contributed by atoms with Gasteiger partial charge in [0.1, 0.15) is 29.3 Å². The Bertz CT molecular complexity index is 1250. The predicted molar refractivity (Wildman–Crippen MR) is 102 cm³/mol. The third kappa shape index (κ3) is 2.29. The highest BCUT2D eigenvalue weighted by Gasteiger charge is 2.69. The van der Waals surface area contributed by atoms with Gasteiger partial charge in [-0.05, 0) is 13.0 Å². The van der Waals surface area contributed by atoms with Crippen molar-refractivity contribution in [3.63, 3.8) is 0 Å². The molecule has 0 saturated carbocycles. The van der Waals surface area contributed by atoms with Crippen molar-refractivity contribution >= 4 is 17.5 Å². The van der Waals surface area contributed by atoms with E-state index in [0.29, 0.717) is 0 Å². The summed E-state index contributed by atoms with van der Waals surface area (Å²) in [4.78, 5) is 39.0. The number of ether oxygens (including phenoxy) is 2. The fourth-order valence-electron chi connectivity index (χ4n) is 4.61. The predicted octanol–water partition coefficient (Wildman–Crippen LogP) is 1.74. The number of rotatable bonds is 2. The van der Waals surface area contributed by atoms with E-state index in [0.717, 1.165) is 4.57 Å². The van der Waals surface area contributed by atoms with Crippen molar-refractivity contribution < 1.29 is 34.1 Å². The molecule has 4 atom stereocenters. The van der Waals surface area contributed by atoms with Gasteiger partial charge in [-0.15, -0.1) is 0 Å². The molecule has 1 aromatic carbocycles. The zero-order valence-electron chi connectivity index (χ0n) is 16.9. The molecule has 4 unspecified atom stereocenters. The van der Waals surface area contributed by atoms with Gasteiger partial charge in [0.25, 0.3) is 0 Å². The van der Waals surface area contributed by atoms with Crippen LogP contribution in [0.5, 0.6) is 5.75 Å². The monoisotopic (exact) mass is 422 g/mol. The number of benzene rings is 1. The molecule has 9 heteroatoms. The normalized spacial score (nSPS) is 27.7. The Kier molecular flexibility index (Phi) is 3.79. The van der Waals surface area contributed by atoms with Gasteiger partial charge in [-0.3, -0.25) is 14.4 Å². The molecule has 2 aromatic rings. The Labute approximate surface area is 176 Å². The zero-order chi connectivity index (χ0) is 22.4. The maximum Gasteiger partial charge on any atom is 0.309 e. The van der Waals surface area contributed by atoms with E-state index in [1.54, 1.807) is 20.8 Å². The minimum absolute atomic E-state index is 0.0247. The number of fused-ring (bicyclic) bond motifs is 5. The van der Waals surface area contributed by atoms with E-state index >= 15 is 0 Å². The number of epoxide rings is 1. The summed E-state index contributed by atoms with van der Waals surface area (Å²) in [5.41, 5.74) is -1.64. The molecule has 1 saturated heterocycles. The number of aliphatic hydroxyl groups is 1. The summed E-state index contributed by atoms with van der Waals surface area (Å²) in [5.74, 6) is -2.74. The number of carbonyl (C=O) groups is 3. The molecule has 31 heavy (non-hydrogen) atoms. The number of phenolic OH excluding ortho intramolecular Hbond substituents is 1. The molecule has 1 fully saturated rings. The quantitative estimate of drug-likeness (QED) is 0.470. The maximum atomic E-state index is 13.3. The van der Waals surface area contributed by atoms with Gasteiger partial charge in [0.15, 0.2) is 18.1 Å². The largest absolute Gasteiger partial charge is 0.507 e. The number of carbonyl (C=O) groups excluding carboxylic acids is 3. The second kappa shape index (κ2) is 6.03. The smallest absolute Gasteiger partial charge is 0.309 e. The molecule has 158 valence electrons. The lowest BCUT2D eigenvalue weighted by Crippen LogP contribution is -2.36. The number of aliphatic hydroxyl groups excluding tert-OH is 1. The number of phenols is 1. The van der Waals surface area contributed by atoms with Gasteiger partial charge in [-0.2, -0.15) is 5.26 Å². The fraction of sp³-hybridized carbons (Fsp3) is 0.364. The molecule has 0 spiro atoms. The number of aromatic hydroxyl groups is 1. The van der Waals surface area contributed by atoms with Gasteiger partial charge in [-0.1, -0.05) is 26.0 Å². The van der Waals surface area contributed by atoms with Crippen LogP contribution in [-0.2, 0) is 14.3 Å². The van der Waals surface area contributed by atoms with Crippen LogP contribution in [0.25, 0.3) is 0 Å². The number of aromatic nitrogens is 1. The summed E-state index contributed by atoms with van der Waals surface area (Å²) >= 11 is 0. The van der Waals surface area contributed by atoms with E-state index in [1.807, 2.05) is 6.19 Å². The SMILES string of the molecule is CC(C)C(=O)OC1c2c(c3c(n2C#N)C(=O)c2c(O)cccc2C3=O)C(O)C2OC12C. The van der Waals surface area contributed by atoms with Crippen molar-refractivity contribution in [3.05, 3.63) is 51.8 Å². The van der Waals surface area contributed by atoms with Gasteiger partial charge in [0.2, 0.25) is 5.78 Å². The second-order valence-corrected chi connectivity index (χ2v) is 8.45. The van der Waals surface area contributed by atoms with Crippen LogP contribution in [0.4, 0.5) is 0 Å². The van der Waals surface area contributed by atoms with Gasteiger partial charge in [0, 0.05) is 11.1 Å². The fourth-order valence-corrected chi connectivity index (χ4v) is 4.61. The summed E-state index contributed by atoms with van der Waals surface area (Å²) in [6.45, 7) is 4.94. The van der Waals surface area contributed by atoms with Crippen LogP contribution in [-0.4, -0.2) is 44.0 Å². The minimum atomic E-state index is -1.30. The molecule has 1 aliphatic heterocycles. The van der Waals surface area contributed by atoms with Crippen LogP contribution < -0.4 is 0 Å². The average molecular weight is 422 g/mol. The van der Waals surface area contributed by atoms with Crippen molar-refractivity contribution in [1.82, 2.24) is 4.57 Å². The van der Waals surface area contributed by atoms with E-state index in [-0.39, 0.29) is 39.4 Å². The molecule has 1 aromatic heterocycles. The van der Waals surface area contributed by atoms with Gasteiger partial charge in [-0.25, -0.2) is 4.57 Å². The van der Waals surface area contributed by atoms with Crippen LogP contribution in [0.3, 0.4) is 0 Å². The van der Waals surface area contributed by atoms with Crippen LogP contribution in [0, 0.1) is 17.4 Å². The highest BCUT2D eigenvalue weighted by atomic mass is 16.7. The van der Waals surface area contributed by atoms with Gasteiger partial charge < -0.3 is 19.7 Å². The molecule has 2 heterocycles. The first-order valence-corrected chi connectivity index (χ1v) is 9.79. The van der Waals surface area contributed by atoms with Crippen molar-refractivity contribution in [2.75, 3.05) is 0 Å². The van der Waals surface area contributed by atoms with E-state index in [4.69, 9.17) is 9.47 Å². The molecule has 3 aliphatic rings. The lowest BCUT2D eigenvalue weighted by Gasteiger charge is -2.29. The van der Waals surface area contributed by atoms with Gasteiger partial charge in [0.05, 0.1) is 22.7 Å². The summed E-state index contributed by atoms with van der Waals surface area (Å²) in [6.07, 6.45) is -1.29. The molecule has 0 bridgehead atoms. The van der Waals surface area contributed by atoms with Crippen LogP contribution in [0.1, 0.15) is 76.2 Å². The highest BCUT2D eigenvalue weighted by Crippen LogP contribution is 2.60. The minimum Gasteiger partial charge on any atom is -0.507 e. The molecule has 0 amide bonds. The Hall–Kier alpha value is -3.48. The molecular weight excluding hydrogens is 404 g/mol. The van der Waals surface area contributed by atoms with Crippen LogP contribution >= 0.6 is 0 Å². The zero-order valence-corrected chi connectivity index (χ0v) is 16.9. The number of hydrogen-bond acceptors (Lipinski definition) is 8. The lowest BCUT2D eigenvalue weighted by atomic mass is 9.79. The van der Waals surface area contributed by atoms with E-state index in [1.165, 1.54) is 18.2 Å². The second-order valence-electron chi connectivity index (χ2n) is 8.45. The Morgan fingerprint density at radius 3 is 2.65 bits per heavy atom. The molecular formula is C22H18N2O7. The summed E-state index contributed by atoms with van der Waals surface area (Å²) in [7, 11) is 0. The topological polar surface area (TPSA) is 142 Å². The number of esters is 1. The number of hydrogen-bond donors (Lipinski definition) is 2. The summed E-state index contributed by atoms with van der Waals surface area (Å²) < 4.78 is 12.2. The van der Waals surface area contributed by atoms with Crippen molar-refractivity contribution in [2.24, 2.45) is 5.92 Å². The lowest BCUT2D eigenvalue weighted by molar-refractivity contribution is -0.157. The van der Waals surface area contributed by atoms with Crippen LogP contribution in [0.2, 0.25) is 0 Å². The average Bonchev–Trinajstić information content (AvgIpc) is 3.30. The number of ketones is 2. The summed E-state index contributed by atoms with van der Waals surface area (Å²) in [6, 6.07) is 4.11.